The highest BCUT2D eigenvalue weighted by molar-refractivity contribution is 7.99. The topological polar surface area (TPSA) is 120 Å². The third kappa shape index (κ3) is 5.52. The molecule has 0 radical (unpaired) electrons. The van der Waals surface area contributed by atoms with Crippen LogP contribution in [0.3, 0.4) is 0 Å². The van der Waals surface area contributed by atoms with Crippen molar-refractivity contribution in [3.8, 4) is 11.8 Å². The average Bonchev–Trinajstić information content (AvgIpc) is 3.75. The Bertz CT molecular complexity index is 1630. The molecule has 10 nitrogen and oxygen atoms in total. The number of hydrogen-bond donors (Lipinski definition) is 2. The van der Waals surface area contributed by atoms with Crippen molar-refractivity contribution >= 4 is 46.1 Å². The van der Waals surface area contributed by atoms with Crippen LogP contribution in [0, 0.1) is 29.6 Å². The fourth-order valence-corrected chi connectivity index (χ4v) is 5.56. The number of hydrogen-bond acceptors (Lipinski definition) is 6. The minimum absolute atomic E-state index is 0.0234. The maximum absolute atomic E-state index is 13.0. The summed E-state index contributed by atoms with van der Waals surface area (Å²) in [5.74, 6) is 7.73. The Labute approximate surface area is 229 Å². The molecule has 3 aliphatic carbocycles. The van der Waals surface area contributed by atoms with Crippen LogP contribution in [0.2, 0.25) is 0 Å². The number of nitrogens with zero attached hydrogens (tertiary/aromatic N) is 4. The molecule has 39 heavy (non-hydrogen) atoms. The van der Waals surface area contributed by atoms with E-state index in [0.717, 1.165) is 36.0 Å². The van der Waals surface area contributed by atoms with E-state index in [-0.39, 0.29) is 35.8 Å². The fraction of sp³-hybridized carbons (Fsp3) is 0.464. The van der Waals surface area contributed by atoms with E-state index in [1.54, 1.807) is 41.6 Å². The van der Waals surface area contributed by atoms with Crippen molar-refractivity contribution in [2.75, 3.05) is 16.4 Å². The molecule has 0 aliphatic heterocycles. The van der Waals surface area contributed by atoms with Gasteiger partial charge in [-0.25, -0.2) is 9.78 Å². The highest BCUT2D eigenvalue weighted by Crippen LogP contribution is 2.35. The number of nitrogens with one attached hydrogen (secondary N) is 2. The molecule has 0 spiro atoms. The quantitative estimate of drug-likeness (QED) is 0.331. The van der Waals surface area contributed by atoms with Gasteiger partial charge in [-0.1, -0.05) is 23.6 Å². The van der Waals surface area contributed by atoms with E-state index < -0.39 is 5.69 Å². The van der Waals surface area contributed by atoms with Gasteiger partial charge in [0.25, 0.3) is 5.56 Å². The van der Waals surface area contributed by atoms with E-state index >= 15 is 0 Å². The molecule has 2 aromatic heterocycles. The summed E-state index contributed by atoms with van der Waals surface area (Å²) in [6.45, 7) is 0.0234. The van der Waals surface area contributed by atoms with Crippen molar-refractivity contribution in [1.29, 1.82) is 0 Å². The average molecular weight is 547 g/mol. The van der Waals surface area contributed by atoms with Gasteiger partial charge in [0.2, 0.25) is 11.8 Å². The van der Waals surface area contributed by atoms with Crippen LogP contribution in [-0.4, -0.2) is 36.3 Å². The lowest BCUT2D eigenvalue weighted by Gasteiger charge is -2.10. The van der Waals surface area contributed by atoms with Gasteiger partial charge in [-0.05, 0) is 62.6 Å². The summed E-state index contributed by atoms with van der Waals surface area (Å²) in [6.07, 6.45) is 5.97. The van der Waals surface area contributed by atoms with Crippen LogP contribution in [0.4, 0.5) is 11.4 Å². The number of rotatable bonds is 8. The fourth-order valence-electron chi connectivity index (χ4n) is 4.40. The molecule has 202 valence electrons. The van der Waals surface area contributed by atoms with Crippen LogP contribution < -0.4 is 21.9 Å². The number of imidazole rings is 1. The first-order valence-corrected chi connectivity index (χ1v) is 14.3. The first-order valence-electron chi connectivity index (χ1n) is 13.3. The summed E-state index contributed by atoms with van der Waals surface area (Å²) in [5.41, 5.74) is 1.53. The number of aryl methyl sites for hydroxylation is 1. The molecule has 2 heterocycles. The van der Waals surface area contributed by atoms with E-state index in [4.69, 9.17) is 0 Å². The van der Waals surface area contributed by atoms with Gasteiger partial charge in [0, 0.05) is 48.6 Å². The first-order chi connectivity index (χ1) is 18.8. The molecule has 11 heteroatoms. The molecule has 3 aliphatic rings. The maximum Gasteiger partial charge on any atom is 0.333 e. The molecular formula is C28H30N6O4S. The van der Waals surface area contributed by atoms with E-state index in [9.17, 15) is 19.2 Å². The predicted molar refractivity (Wildman–Crippen MR) is 150 cm³/mol. The Balaban J connectivity index is 1.30. The standard InChI is InChI=1S/C28H30N6O4S/c1-32-22-23(31-27(32)39-15-16-5-6-16)34(28(38)33(2)26(22)37)11-3-4-17-12-20(29-24(35)18-7-8-18)14-21(13-17)30-25(36)19-9-10-19/h12-14,16,18-19H,5-11,15H2,1-2H3,(H,29,35)(H,30,36). The highest BCUT2D eigenvalue weighted by Gasteiger charge is 2.31. The second-order valence-corrected chi connectivity index (χ2v) is 11.7. The number of thioether (sulfide) groups is 1. The number of fused-ring (bicyclic) bond motifs is 1. The molecule has 3 saturated carbocycles. The number of benzene rings is 1. The zero-order chi connectivity index (χ0) is 27.3. The van der Waals surface area contributed by atoms with Gasteiger partial charge in [-0.3, -0.25) is 23.5 Å². The Hall–Kier alpha value is -3.78. The van der Waals surface area contributed by atoms with Crippen LogP contribution >= 0.6 is 11.8 Å². The zero-order valence-corrected chi connectivity index (χ0v) is 22.8. The molecule has 6 rings (SSSR count). The summed E-state index contributed by atoms with van der Waals surface area (Å²) < 4.78 is 4.26. The Kier molecular flexibility index (Phi) is 6.59. The lowest BCUT2D eigenvalue weighted by Crippen LogP contribution is -2.38. The summed E-state index contributed by atoms with van der Waals surface area (Å²) in [6, 6.07) is 5.25. The third-order valence-electron chi connectivity index (χ3n) is 7.30. The lowest BCUT2D eigenvalue weighted by molar-refractivity contribution is -0.118. The van der Waals surface area contributed by atoms with Gasteiger partial charge < -0.3 is 15.2 Å². The lowest BCUT2D eigenvalue weighted by atomic mass is 10.1. The number of carbonyl (C=O) groups excluding carboxylic acids is 2. The Morgan fingerprint density at radius 2 is 1.56 bits per heavy atom. The molecule has 0 bridgehead atoms. The van der Waals surface area contributed by atoms with Gasteiger partial charge in [0.1, 0.15) is 0 Å². The number of aromatic nitrogens is 4. The number of amides is 2. The van der Waals surface area contributed by atoms with Crippen LogP contribution in [0.15, 0.2) is 32.9 Å². The van der Waals surface area contributed by atoms with Gasteiger partial charge in [-0.2, -0.15) is 0 Å². The molecule has 3 aromatic rings. The van der Waals surface area contributed by atoms with Crippen molar-refractivity contribution in [3.63, 3.8) is 0 Å². The number of carbonyl (C=O) groups is 2. The minimum atomic E-state index is -0.485. The van der Waals surface area contributed by atoms with E-state index in [1.807, 2.05) is 0 Å². The second kappa shape index (κ2) is 10.1. The van der Waals surface area contributed by atoms with Crippen molar-refractivity contribution in [2.45, 2.75) is 50.2 Å². The van der Waals surface area contributed by atoms with Crippen LogP contribution in [-0.2, 0) is 30.2 Å². The van der Waals surface area contributed by atoms with E-state index in [2.05, 4.69) is 27.5 Å². The van der Waals surface area contributed by atoms with Crippen molar-refractivity contribution in [1.82, 2.24) is 18.7 Å². The zero-order valence-electron chi connectivity index (χ0n) is 22.0. The van der Waals surface area contributed by atoms with E-state index in [0.29, 0.717) is 39.2 Å². The predicted octanol–water partition coefficient (Wildman–Crippen LogP) is 2.68. The summed E-state index contributed by atoms with van der Waals surface area (Å²) in [7, 11) is 3.25. The van der Waals surface area contributed by atoms with Crippen LogP contribution in [0.5, 0.6) is 0 Å². The summed E-state index contributed by atoms with van der Waals surface area (Å²) in [4.78, 5) is 55.3. The first kappa shape index (κ1) is 25.5. The largest absolute Gasteiger partial charge is 0.333 e. The monoisotopic (exact) mass is 546 g/mol. The second-order valence-electron chi connectivity index (χ2n) is 10.7. The summed E-state index contributed by atoms with van der Waals surface area (Å²) >= 11 is 1.60. The minimum Gasteiger partial charge on any atom is -0.326 e. The normalized spacial score (nSPS) is 16.6. The van der Waals surface area contributed by atoms with Gasteiger partial charge >= 0.3 is 5.69 Å². The molecule has 3 fully saturated rings. The molecule has 0 unspecified atom stereocenters. The van der Waals surface area contributed by atoms with Crippen molar-refractivity contribution in [3.05, 3.63) is 44.6 Å². The van der Waals surface area contributed by atoms with Gasteiger partial charge in [0.05, 0.1) is 6.54 Å². The van der Waals surface area contributed by atoms with Gasteiger partial charge in [0.15, 0.2) is 16.3 Å². The highest BCUT2D eigenvalue weighted by atomic mass is 32.2. The van der Waals surface area contributed by atoms with Crippen LogP contribution in [0.1, 0.15) is 44.1 Å². The number of anilines is 2. The Morgan fingerprint density at radius 1 is 0.949 bits per heavy atom. The maximum atomic E-state index is 13.0. The molecule has 2 amide bonds. The van der Waals surface area contributed by atoms with Crippen molar-refractivity contribution in [2.24, 2.45) is 31.8 Å². The molecule has 1 aromatic carbocycles. The molecular weight excluding hydrogens is 516 g/mol. The van der Waals surface area contributed by atoms with Gasteiger partial charge in [-0.15, -0.1) is 0 Å². The smallest absolute Gasteiger partial charge is 0.326 e. The van der Waals surface area contributed by atoms with E-state index in [1.165, 1.54) is 24.5 Å². The third-order valence-corrected chi connectivity index (χ3v) is 8.56. The van der Waals surface area contributed by atoms with Crippen LogP contribution in [0.25, 0.3) is 11.2 Å². The SMILES string of the molecule is Cn1c(=O)c2c(nc(SCC3CC3)n2C)n(CC#Cc2cc(NC(=O)C3CC3)cc(NC(=O)C3CC3)c2)c1=O. The molecule has 0 atom stereocenters. The van der Waals surface area contributed by atoms with Crippen molar-refractivity contribution < 1.29 is 9.59 Å². The summed E-state index contributed by atoms with van der Waals surface area (Å²) in [5, 5.41) is 6.55. The molecule has 0 saturated heterocycles. The Morgan fingerprint density at radius 3 is 2.13 bits per heavy atom. The molecule has 2 N–H and O–H groups in total.